The minimum Gasteiger partial charge on any atom is -0.397 e. The second kappa shape index (κ2) is 7.13. The molecule has 5 nitrogen and oxygen atoms in total. The molecule has 0 bridgehead atoms. The Labute approximate surface area is 148 Å². The molecule has 0 saturated carbocycles. The van der Waals surface area contributed by atoms with Crippen LogP contribution in [-0.2, 0) is 0 Å². The predicted octanol–water partition coefficient (Wildman–Crippen LogP) is 3.07. The van der Waals surface area contributed by atoms with Crippen molar-refractivity contribution >= 4 is 11.4 Å². The highest BCUT2D eigenvalue weighted by Gasteiger charge is 2.15. The topological polar surface area (TPSA) is 84.0 Å². The summed E-state index contributed by atoms with van der Waals surface area (Å²) < 4.78 is 0. The van der Waals surface area contributed by atoms with E-state index in [1.54, 1.807) is 12.2 Å². The SMILES string of the molecule is Cc1cccc(/C(N)=C/C=C(\N)c2ccc(C3C=CC=CN3C)[nH]2)n1. The lowest BCUT2D eigenvalue weighted by Crippen LogP contribution is -2.19. The number of aromatic nitrogens is 2. The molecule has 128 valence electrons. The molecule has 5 heteroatoms. The number of rotatable bonds is 4. The van der Waals surface area contributed by atoms with Gasteiger partial charge in [0.1, 0.15) is 0 Å². The summed E-state index contributed by atoms with van der Waals surface area (Å²) in [7, 11) is 2.04. The van der Waals surface area contributed by atoms with Crippen molar-refractivity contribution in [3.63, 3.8) is 0 Å². The predicted molar refractivity (Wildman–Crippen MR) is 103 cm³/mol. The van der Waals surface area contributed by atoms with Crippen LogP contribution in [0.15, 0.2) is 66.9 Å². The van der Waals surface area contributed by atoms with Crippen LogP contribution in [0.4, 0.5) is 0 Å². The molecule has 2 aromatic rings. The van der Waals surface area contributed by atoms with E-state index in [0.29, 0.717) is 11.4 Å². The van der Waals surface area contributed by atoms with Crippen LogP contribution < -0.4 is 11.5 Å². The van der Waals surface area contributed by atoms with Crippen molar-refractivity contribution in [3.8, 4) is 0 Å². The molecule has 1 aliphatic heterocycles. The number of pyridine rings is 1. The van der Waals surface area contributed by atoms with Gasteiger partial charge >= 0.3 is 0 Å². The number of likely N-dealkylation sites (N-methyl/N-ethyl adjacent to an activating group) is 1. The normalized spacial score (nSPS) is 18.0. The second-order valence-corrected chi connectivity index (χ2v) is 6.07. The first kappa shape index (κ1) is 16.6. The van der Waals surface area contributed by atoms with Gasteiger partial charge in [-0.3, -0.25) is 4.98 Å². The molecule has 0 saturated heterocycles. The Balaban J connectivity index is 1.78. The summed E-state index contributed by atoms with van der Waals surface area (Å²) in [4.78, 5) is 9.92. The molecule has 0 amide bonds. The van der Waals surface area contributed by atoms with Gasteiger partial charge in [0.2, 0.25) is 0 Å². The molecule has 1 atom stereocenters. The number of nitrogens with one attached hydrogen (secondary N) is 1. The summed E-state index contributed by atoms with van der Waals surface area (Å²) in [6.45, 7) is 1.94. The molecule has 1 aliphatic rings. The summed E-state index contributed by atoms with van der Waals surface area (Å²) in [5, 5.41) is 0. The van der Waals surface area contributed by atoms with Crippen LogP contribution in [-0.4, -0.2) is 21.9 Å². The molecule has 2 aromatic heterocycles. The molecular weight excluding hydrogens is 310 g/mol. The van der Waals surface area contributed by atoms with Crippen LogP contribution in [0.25, 0.3) is 11.4 Å². The number of nitrogens with two attached hydrogens (primary N) is 2. The van der Waals surface area contributed by atoms with Crippen LogP contribution in [0.2, 0.25) is 0 Å². The van der Waals surface area contributed by atoms with E-state index < -0.39 is 0 Å². The van der Waals surface area contributed by atoms with Gasteiger partial charge < -0.3 is 21.4 Å². The number of hydrogen-bond donors (Lipinski definition) is 3. The van der Waals surface area contributed by atoms with E-state index in [1.165, 1.54) is 0 Å². The van der Waals surface area contributed by atoms with Crippen molar-refractivity contribution in [2.45, 2.75) is 13.0 Å². The smallest absolute Gasteiger partial charge is 0.0869 e. The lowest BCUT2D eigenvalue weighted by atomic mass is 10.1. The Morgan fingerprint density at radius 3 is 2.68 bits per heavy atom. The summed E-state index contributed by atoms with van der Waals surface area (Å²) >= 11 is 0. The molecule has 0 aliphatic carbocycles. The van der Waals surface area contributed by atoms with Crippen molar-refractivity contribution in [2.75, 3.05) is 7.05 Å². The maximum atomic E-state index is 6.19. The Hall–Kier alpha value is -3.21. The number of allylic oxidation sites excluding steroid dienone is 4. The van der Waals surface area contributed by atoms with Gasteiger partial charge in [-0.25, -0.2) is 0 Å². The van der Waals surface area contributed by atoms with Gasteiger partial charge in [-0.2, -0.15) is 0 Å². The van der Waals surface area contributed by atoms with Gasteiger partial charge in [-0.15, -0.1) is 0 Å². The minimum atomic E-state index is 0.184. The zero-order valence-corrected chi connectivity index (χ0v) is 14.5. The van der Waals surface area contributed by atoms with Gasteiger partial charge in [-0.05, 0) is 55.6 Å². The number of nitrogens with zero attached hydrogens (tertiary/aromatic N) is 2. The third-order valence-corrected chi connectivity index (χ3v) is 4.13. The van der Waals surface area contributed by atoms with Gasteiger partial charge in [0, 0.05) is 18.4 Å². The largest absolute Gasteiger partial charge is 0.397 e. The highest BCUT2D eigenvalue weighted by Crippen LogP contribution is 2.24. The van der Waals surface area contributed by atoms with E-state index in [4.69, 9.17) is 11.5 Å². The van der Waals surface area contributed by atoms with Crippen LogP contribution >= 0.6 is 0 Å². The third kappa shape index (κ3) is 3.83. The summed E-state index contributed by atoms with van der Waals surface area (Å²) in [6.07, 6.45) is 11.8. The van der Waals surface area contributed by atoms with Gasteiger partial charge in [-0.1, -0.05) is 18.2 Å². The summed E-state index contributed by atoms with van der Waals surface area (Å²) in [6, 6.07) is 9.97. The Bertz CT molecular complexity index is 870. The molecule has 0 radical (unpaired) electrons. The van der Waals surface area contributed by atoms with Crippen LogP contribution in [0.5, 0.6) is 0 Å². The summed E-state index contributed by atoms with van der Waals surface area (Å²) in [5.74, 6) is 0. The fourth-order valence-electron chi connectivity index (χ4n) is 2.72. The standard InChI is InChI=1S/C20H23N5/c1-14-6-5-7-17(23-14)15(21)9-10-16(22)18-11-12-19(24-18)20-8-3-4-13-25(20)2/h3-13,20,24H,21-22H2,1-2H3/b15-9-,16-10-. The average molecular weight is 333 g/mol. The van der Waals surface area contributed by atoms with E-state index in [0.717, 1.165) is 22.8 Å². The van der Waals surface area contributed by atoms with Gasteiger partial charge in [0.05, 0.1) is 28.8 Å². The molecule has 1 unspecified atom stereocenters. The number of hydrogen-bond acceptors (Lipinski definition) is 4. The lowest BCUT2D eigenvalue weighted by Gasteiger charge is -2.25. The van der Waals surface area contributed by atoms with Crippen LogP contribution in [0, 0.1) is 6.92 Å². The van der Waals surface area contributed by atoms with E-state index >= 15 is 0 Å². The molecule has 0 fully saturated rings. The third-order valence-electron chi connectivity index (χ3n) is 4.13. The van der Waals surface area contributed by atoms with E-state index in [9.17, 15) is 0 Å². The Morgan fingerprint density at radius 1 is 1.12 bits per heavy atom. The first-order valence-electron chi connectivity index (χ1n) is 8.18. The van der Waals surface area contributed by atoms with E-state index in [-0.39, 0.29) is 6.04 Å². The first-order chi connectivity index (χ1) is 12.0. The van der Waals surface area contributed by atoms with Crippen molar-refractivity contribution in [1.29, 1.82) is 0 Å². The molecule has 0 aromatic carbocycles. The van der Waals surface area contributed by atoms with Crippen molar-refractivity contribution in [1.82, 2.24) is 14.9 Å². The monoisotopic (exact) mass is 333 g/mol. The van der Waals surface area contributed by atoms with E-state index in [1.807, 2.05) is 56.6 Å². The molecule has 5 N–H and O–H groups in total. The lowest BCUT2D eigenvalue weighted by molar-refractivity contribution is 0.384. The fourth-order valence-corrected chi connectivity index (χ4v) is 2.72. The molecule has 3 heterocycles. The average Bonchev–Trinajstić information content (AvgIpc) is 3.09. The van der Waals surface area contributed by atoms with Crippen molar-refractivity contribution in [3.05, 3.63) is 89.7 Å². The van der Waals surface area contributed by atoms with Crippen LogP contribution in [0.1, 0.15) is 28.8 Å². The molecular formula is C20H23N5. The maximum Gasteiger partial charge on any atom is 0.0869 e. The molecule has 25 heavy (non-hydrogen) atoms. The first-order valence-corrected chi connectivity index (χ1v) is 8.18. The number of H-pyrrole nitrogens is 1. The molecule has 3 rings (SSSR count). The molecule has 0 spiro atoms. The highest BCUT2D eigenvalue weighted by atomic mass is 15.1. The second-order valence-electron chi connectivity index (χ2n) is 6.07. The van der Waals surface area contributed by atoms with Crippen molar-refractivity contribution < 1.29 is 0 Å². The Kier molecular flexibility index (Phi) is 4.75. The Morgan fingerprint density at radius 2 is 1.92 bits per heavy atom. The van der Waals surface area contributed by atoms with Gasteiger partial charge in [0.25, 0.3) is 0 Å². The minimum absolute atomic E-state index is 0.184. The van der Waals surface area contributed by atoms with E-state index in [2.05, 4.69) is 27.0 Å². The maximum absolute atomic E-state index is 6.19. The number of aryl methyl sites for hydroxylation is 1. The fraction of sp³-hybridized carbons (Fsp3) is 0.150. The zero-order valence-electron chi connectivity index (χ0n) is 14.5. The zero-order chi connectivity index (χ0) is 17.8. The summed E-state index contributed by atoms with van der Waals surface area (Å²) in [5.41, 5.74) is 17.1. The number of aromatic amines is 1. The van der Waals surface area contributed by atoms with Crippen LogP contribution in [0.3, 0.4) is 0 Å². The highest BCUT2D eigenvalue weighted by molar-refractivity contribution is 5.68. The van der Waals surface area contributed by atoms with Crippen molar-refractivity contribution in [2.24, 2.45) is 11.5 Å². The van der Waals surface area contributed by atoms with Gasteiger partial charge in [0.15, 0.2) is 0 Å². The quantitative estimate of drug-likeness (QED) is 0.751.